The Kier molecular flexibility index (Phi) is 5.89. The molecule has 160 valence electrons. The highest BCUT2D eigenvalue weighted by Crippen LogP contribution is 2.42. The number of aromatic nitrogens is 1. The molecule has 0 amide bonds. The molecule has 2 aromatic rings. The van der Waals surface area contributed by atoms with Crippen molar-refractivity contribution >= 4 is 17.6 Å². The number of hydrogen-bond acceptors (Lipinski definition) is 5. The second-order valence-electron chi connectivity index (χ2n) is 8.12. The number of pyridine rings is 1. The molecule has 1 aromatic carbocycles. The van der Waals surface area contributed by atoms with E-state index in [9.17, 15) is 9.59 Å². The molecule has 3 heterocycles. The lowest BCUT2D eigenvalue weighted by Crippen LogP contribution is -2.28. The van der Waals surface area contributed by atoms with Crippen molar-refractivity contribution in [1.29, 1.82) is 0 Å². The normalized spacial score (nSPS) is 20.0. The highest BCUT2D eigenvalue weighted by molar-refractivity contribution is 6.32. The van der Waals surface area contributed by atoms with Crippen LogP contribution >= 0.6 is 11.6 Å². The molecular formula is C23H26ClNO5. The number of esters is 1. The van der Waals surface area contributed by atoms with E-state index >= 15 is 0 Å². The second kappa shape index (κ2) is 8.44. The molecule has 0 aliphatic carbocycles. The molecule has 7 heteroatoms. The first kappa shape index (κ1) is 20.9. The maximum Gasteiger partial charge on any atom is 0.343 e. The van der Waals surface area contributed by atoms with E-state index in [0.29, 0.717) is 24.0 Å². The quantitative estimate of drug-likeness (QED) is 0.661. The first-order chi connectivity index (χ1) is 14.4. The van der Waals surface area contributed by atoms with Crippen molar-refractivity contribution in [3.8, 4) is 17.0 Å². The topological polar surface area (TPSA) is 66.8 Å². The van der Waals surface area contributed by atoms with Gasteiger partial charge in [-0.05, 0) is 37.0 Å². The molecule has 0 spiro atoms. The van der Waals surface area contributed by atoms with E-state index in [-0.39, 0.29) is 35.7 Å². The number of nitrogens with zero attached hydrogens (tertiary/aromatic N) is 1. The van der Waals surface area contributed by atoms with Gasteiger partial charge in [0.1, 0.15) is 17.4 Å². The van der Waals surface area contributed by atoms with E-state index < -0.39 is 5.97 Å². The first-order valence-electron chi connectivity index (χ1n) is 10.4. The number of hydrogen-bond donors (Lipinski definition) is 0. The Balaban J connectivity index is 1.80. The van der Waals surface area contributed by atoms with Gasteiger partial charge >= 0.3 is 5.97 Å². The SMILES string of the molecule is CCOC(=O)c1cn2c(cc1=O)-c1cc(Cl)c(O[C@@H]3CCOC3)cc1CC2C(C)C. The van der Waals surface area contributed by atoms with Crippen molar-refractivity contribution in [2.24, 2.45) is 5.92 Å². The van der Waals surface area contributed by atoms with Gasteiger partial charge in [-0.2, -0.15) is 0 Å². The minimum atomic E-state index is -0.591. The minimum absolute atomic E-state index is 0.00655. The predicted molar refractivity (Wildman–Crippen MR) is 115 cm³/mol. The lowest BCUT2D eigenvalue weighted by molar-refractivity contribution is 0.0523. The zero-order chi connectivity index (χ0) is 21.4. The maximum absolute atomic E-state index is 12.7. The molecule has 30 heavy (non-hydrogen) atoms. The largest absolute Gasteiger partial charge is 0.486 e. The third kappa shape index (κ3) is 3.86. The van der Waals surface area contributed by atoms with E-state index in [4.69, 9.17) is 25.8 Å². The molecule has 2 atom stereocenters. The lowest BCUT2D eigenvalue weighted by Gasteiger charge is -2.34. The van der Waals surface area contributed by atoms with Gasteiger partial charge in [-0.25, -0.2) is 4.79 Å². The van der Waals surface area contributed by atoms with Crippen LogP contribution in [-0.4, -0.2) is 36.5 Å². The monoisotopic (exact) mass is 431 g/mol. The van der Waals surface area contributed by atoms with Crippen LogP contribution in [0.4, 0.5) is 0 Å². The Hall–Kier alpha value is -2.31. The van der Waals surface area contributed by atoms with Gasteiger partial charge in [-0.15, -0.1) is 0 Å². The second-order valence-corrected chi connectivity index (χ2v) is 8.53. The summed E-state index contributed by atoms with van der Waals surface area (Å²) in [5.41, 5.74) is 2.43. The Morgan fingerprint density at radius 3 is 2.80 bits per heavy atom. The fourth-order valence-corrected chi connectivity index (χ4v) is 4.37. The van der Waals surface area contributed by atoms with Crippen LogP contribution in [0.1, 0.15) is 49.2 Å². The van der Waals surface area contributed by atoms with Gasteiger partial charge in [0.15, 0.2) is 5.43 Å². The van der Waals surface area contributed by atoms with Crippen molar-refractivity contribution in [2.45, 2.75) is 45.8 Å². The third-order valence-electron chi connectivity index (χ3n) is 5.75. The highest BCUT2D eigenvalue weighted by atomic mass is 35.5. The Labute approximate surface area is 180 Å². The van der Waals surface area contributed by atoms with E-state index in [2.05, 4.69) is 13.8 Å². The summed E-state index contributed by atoms with van der Waals surface area (Å²) in [7, 11) is 0. The van der Waals surface area contributed by atoms with E-state index in [1.807, 2.05) is 16.7 Å². The summed E-state index contributed by atoms with van der Waals surface area (Å²) in [4.78, 5) is 24.9. The standard InChI is InChI=1S/C23H26ClNO5/c1-4-29-23(27)17-11-25-19(13(2)3)7-14-8-22(30-15-5-6-28-12-15)18(24)9-16(14)20(25)10-21(17)26/h8-11,13,15,19H,4-7,12H2,1-3H3/t15-,19?/m1/s1. The van der Waals surface area contributed by atoms with E-state index in [1.165, 1.54) is 6.07 Å². The van der Waals surface area contributed by atoms with Gasteiger partial charge in [0.25, 0.3) is 0 Å². The van der Waals surface area contributed by atoms with Crippen LogP contribution in [0.3, 0.4) is 0 Å². The Morgan fingerprint density at radius 1 is 1.33 bits per heavy atom. The molecule has 1 unspecified atom stereocenters. The summed E-state index contributed by atoms with van der Waals surface area (Å²) in [6.07, 6.45) is 3.24. The molecule has 2 aliphatic heterocycles. The molecule has 6 nitrogen and oxygen atoms in total. The number of halogens is 1. The van der Waals surface area contributed by atoms with E-state index in [0.717, 1.165) is 29.7 Å². The maximum atomic E-state index is 12.7. The number of fused-ring (bicyclic) bond motifs is 3. The van der Waals surface area contributed by atoms with Crippen molar-refractivity contribution < 1.29 is 19.0 Å². The van der Waals surface area contributed by atoms with Crippen LogP contribution in [0.25, 0.3) is 11.3 Å². The van der Waals surface area contributed by atoms with Crippen LogP contribution in [0, 0.1) is 5.92 Å². The number of ether oxygens (including phenoxy) is 3. The minimum Gasteiger partial charge on any atom is -0.486 e. The van der Waals surface area contributed by atoms with Gasteiger partial charge < -0.3 is 18.8 Å². The van der Waals surface area contributed by atoms with Gasteiger partial charge in [-0.1, -0.05) is 25.4 Å². The fraction of sp³-hybridized carbons (Fsp3) is 0.478. The van der Waals surface area contributed by atoms with Gasteiger partial charge in [0.05, 0.1) is 30.5 Å². The van der Waals surface area contributed by atoms with Gasteiger partial charge in [0.2, 0.25) is 0 Å². The van der Waals surface area contributed by atoms with Gasteiger partial charge in [0, 0.05) is 30.3 Å². The summed E-state index contributed by atoms with van der Waals surface area (Å²) < 4.78 is 18.5. The average molecular weight is 432 g/mol. The summed E-state index contributed by atoms with van der Waals surface area (Å²) in [5.74, 6) is 0.344. The van der Waals surface area contributed by atoms with Crippen molar-refractivity contribution in [3.05, 3.63) is 50.8 Å². The summed E-state index contributed by atoms with van der Waals surface area (Å²) in [6, 6.07) is 5.44. The van der Waals surface area contributed by atoms with Crippen molar-refractivity contribution in [2.75, 3.05) is 19.8 Å². The molecule has 1 fully saturated rings. The van der Waals surface area contributed by atoms with Crippen LogP contribution in [0.15, 0.2) is 29.2 Å². The number of benzene rings is 1. The highest BCUT2D eigenvalue weighted by Gasteiger charge is 2.30. The molecule has 2 aliphatic rings. The molecule has 0 bridgehead atoms. The first-order valence-corrected chi connectivity index (χ1v) is 10.8. The molecule has 4 rings (SSSR count). The molecule has 1 saturated heterocycles. The fourth-order valence-electron chi connectivity index (χ4n) is 4.16. The number of rotatable bonds is 5. The van der Waals surface area contributed by atoms with Crippen LogP contribution in [0.2, 0.25) is 5.02 Å². The molecule has 0 N–H and O–H groups in total. The molecular weight excluding hydrogens is 406 g/mol. The third-order valence-corrected chi connectivity index (χ3v) is 6.04. The number of carbonyl (C=O) groups is 1. The lowest BCUT2D eigenvalue weighted by atomic mass is 9.87. The summed E-state index contributed by atoms with van der Waals surface area (Å²) in [6.45, 7) is 7.47. The zero-order valence-corrected chi connectivity index (χ0v) is 18.2. The molecule has 0 saturated carbocycles. The molecule has 1 aromatic heterocycles. The van der Waals surface area contributed by atoms with Crippen LogP contribution in [0.5, 0.6) is 5.75 Å². The zero-order valence-electron chi connectivity index (χ0n) is 17.4. The van der Waals surface area contributed by atoms with E-state index in [1.54, 1.807) is 13.1 Å². The summed E-state index contributed by atoms with van der Waals surface area (Å²) >= 11 is 6.54. The van der Waals surface area contributed by atoms with Crippen molar-refractivity contribution in [1.82, 2.24) is 4.57 Å². The molecule has 0 radical (unpaired) electrons. The predicted octanol–water partition coefficient (Wildman–Crippen LogP) is 4.27. The average Bonchev–Trinajstić information content (AvgIpc) is 3.21. The van der Waals surface area contributed by atoms with Crippen molar-refractivity contribution in [3.63, 3.8) is 0 Å². The van der Waals surface area contributed by atoms with Crippen LogP contribution < -0.4 is 10.2 Å². The Morgan fingerprint density at radius 2 is 2.13 bits per heavy atom. The van der Waals surface area contributed by atoms with Gasteiger partial charge in [-0.3, -0.25) is 4.79 Å². The smallest absolute Gasteiger partial charge is 0.343 e. The summed E-state index contributed by atoms with van der Waals surface area (Å²) in [5, 5.41) is 0.497. The number of carbonyl (C=O) groups excluding carboxylic acids is 1. The Bertz CT molecular complexity index is 1020. The van der Waals surface area contributed by atoms with Crippen LogP contribution in [-0.2, 0) is 15.9 Å².